The molecule has 3 heteroatoms. The molecule has 12 heavy (non-hydrogen) atoms. The molecule has 60 valence electrons. The highest BCUT2D eigenvalue weighted by Gasteiger charge is 2.00. The number of anilines is 1. The zero-order valence-corrected chi connectivity index (χ0v) is 6.28. The summed E-state index contributed by atoms with van der Waals surface area (Å²) < 4.78 is 5.15. The van der Waals surface area contributed by atoms with Crippen LogP contribution in [0.3, 0.4) is 0 Å². The second-order valence-electron chi connectivity index (χ2n) is 2.40. The van der Waals surface area contributed by atoms with Gasteiger partial charge < -0.3 is 9.73 Å². The minimum atomic E-state index is 0.655. The Morgan fingerprint density at radius 1 is 1.33 bits per heavy atom. The van der Waals surface area contributed by atoms with Crippen molar-refractivity contribution in [2.45, 2.75) is 0 Å². The molecule has 0 aliphatic heterocycles. The molecule has 0 atom stereocenters. The van der Waals surface area contributed by atoms with Gasteiger partial charge in [-0.25, -0.2) is 0 Å². The van der Waals surface area contributed by atoms with Crippen LogP contribution in [-0.4, -0.2) is 6.41 Å². The second-order valence-corrected chi connectivity index (χ2v) is 2.40. The average molecular weight is 161 g/mol. The van der Waals surface area contributed by atoms with E-state index in [0.717, 1.165) is 16.7 Å². The number of hydrogen-bond donors (Lipinski definition) is 1. The topological polar surface area (TPSA) is 42.2 Å². The number of rotatable bonds is 2. The predicted octanol–water partition coefficient (Wildman–Crippen LogP) is 2.00. The van der Waals surface area contributed by atoms with Crippen LogP contribution in [0.25, 0.3) is 11.0 Å². The lowest BCUT2D eigenvalue weighted by Gasteiger charge is -1.97. The molecule has 0 spiro atoms. The fraction of sp³-hybridized carbons (Fsp3) is 0. The van der Waals surface area contributed by atoms with E-state index in [-0.39, 0.29) is 0 Å². The molecule has 0 aliphatic carbocycles. The van der Waals surface area contributed by atoms with Gasteiger partial charge in [-0.2, -0.15) is 0 Å². The number of benzene rings is 1. The van der Waals surface area contributed by atoms with Gasteiger partial charge in [0.1, 0.15) is 5.58 Å². The van der Waals surface area contributed by atoms with Crippen LogP contribution in [0.1, 0.15) is 0 Å². The number of carbonyl (C=O) groups excluding carboxylic acids is 1. The number of furan rings is 1. The van der Waals surface area contributed by atoms with Crippen molar-refractivity contribution < 1.29 is 9.21 Å². The Morgan fingerprint density at radius 3 is 3.08 bits per heavy atom. The van der Waals surface area contributed by atoms with Crippen LogP contribution in [0.5, 0.6) is 0 Å². The Bertz CT molecular complexity index is 406. The second kappa shape index (κ2) is 2.70. The summed E-state index contributed by atoms with van der Waals surface area (Å²) in [5.74, 6) is 0. The molecule has 0 fully saturated rings. The minimum Gasteiger partial charge on any atom is -0.464 e. The molecule has 0 unspecified atom stereocenters. The number of fused-ring (bicyclic) bond motifs is 1. The smallest absolute Gasteiger partial charge is 0.211 e. The van der Waals surface area contributed by atoms with Crippen LogP contribution >= 0.6 is 0 Å². The van der Waals surface area contributed by atoms with E-state index in [0.29, 0.717) is 6.41 Å². The lowest BCUT2D eigenvalue weighted by atomic mass is 10.2. The number of hydrogen-bond acceptors (Lipinski definition) is 2. The van der Waals surface area contributed by atoms with Crippen LogP contribution in [0.2, 0.25) is 0 Å². The van der Waals surface area contributed by atoms with Gasteiger partial charge in [0, 0.05) is 5.39 Å². The van der Waals surface area contributed by atoms with Crippen molar-refractivity contribution in [2.75, 3.05) is 5.32 Å². The highest BCUT2D eigenvalue weighted by Crippen LogP contribution is 2.23. The summed E-state index contributed by atoms with van der Waals surface area (Å²) in [7, 11) is 0. The van der Waals surface area contributed by atoms with Gasteiger partial charge >= 0.3 is 0 Å². The van der Waals surface area contributed by atoms with E-state index in [2.05, 4.69) is 5.32 Å². The number of nitrogens with one attached hydrogen (secondary N) is 1. The molecular weight excluding hydrogens is 154 g/mol. The van der Waals surface area contributed by atoms with Gasteiger partial charge in [-0.15, -0.1) is 0 Å². The Balaban J connectivity index is 2.65. The zero-order chi connectivity index (χ0) is 8.39. The lowest BCUT2D eigenvalue weighted by Crippen LogP contribution is -1.92. The molecule has 0 saturated carbocycles. The summed E-state index contributed by atoms with van der Waals surface area (Å²) >= 11 is 0. The monoisotopic (exact) mass is 161 g/mol. The molecule has 0 saturated heterocycles. The van der Waals surface area contributed by atoms with Crippen LogP contribution in [-0.2, 0) is 4.79 Å². The van der Waals surface area contributed by atoms with Crippen molar-refractivity contribution in [3.05, 3.63) is 30.5 Å². The van der Waals surface area contributed by atoms with Crippen molar-refractivity contribution in [3.8, 4) is 0 Å². The summed E-state index contributed by atoms with van der Waals surface area (Å²) in [5.41, 5.74) is 1.55. The summed E-state index contributed by atoms with van der Waals surface area (Å²) in [6, 6.07) is 7.33. The zero-order valence-electron chi connectivity index (χ0n) is 6.28. The standard InChI is InChI=1S/C9H7NO2/c11-6-10-8-2-1-3-9-7(8)4-5-12-9/h1-6H,(H,10,11). The number of carbonyl (C=O) groups is 1. The SMILES string of the molecule is O=CNc1cccc2occc12. The Hall–Kier alpha value is -1.77. The first-order valence-electron chi connectivity index (χ1n) is 3.58. The number of amides is 1. The van der Waals surface area contributed by atoms with Gasteiger partial charge in [-0.05, 0) is 18.2 Å². The summed E-state index contributed by atoms with van der Waals surface area (Å²) in [5, 5.41) is 3.52. The van der Waals surface area contributed by atoms with Crippen molar-refractivity contribution in [1.29, 1.82) is 0 Å². The lowest BCUT2D eigenvalue weighted by molar-refractivity contribution is -0.105. The van der Waals surface area contributed by atoms with E-state index in [1.807, 2.05) is 24.3 Å². The van der Waals surface area contributed by atoms with Crippen LogP contribution < -0.4 is 5.32 Å². The van der Waals surface area contributed by atoms with E-state index >= 15 is 0 Å². The Labute approximate surface area is 69.0 Å². The molecule has 0 aliphatic rings. The van der Waals surface area contributed by atoms with Gasteiger partial charge in [-0.1, -0.05) is 6.07 Å². The van der Waals surface area contributed by atoms with Gasteiger partial charge in [0.15, 0.2) is 0 Å². The first-order valence-corrected chi connectivity index (χ1v) is 3.58. The molecule has 0 bridgehead atoms. The van der Waals surface area contributed by atoms with Crippen LogP contribution in [0.15, 0.2) is 34.9 Å². The van der Waals surface area contributed by atoms with E-state index in [1.54, 1.807) is 6.26 Å². The van der Waals surface area contributed by atoms with E-state index < -0.39 is 0 Å². The van der Waals surface area contributed by atoms with Gasteiger partial charge in [-0.3, -0.25) is 4.79 Å². The third-order valence-corrected chi connectivity index (χ3v) is 1.71. The van der Waals surface area contributed by atoms with Gasteiger partial charge in [0.05, 0.1) is 12.0 Å². The molecule has 1 amide bonds. The third kappa shape index (κ3) is 0.955. The molecule has 1 aromatic carbocycles. The first-order chi connectivity index (χ1) is 5.92. The molecule has 1 aromatic heterocycles. The molecule has 1 N–H and O–H groups in total. The highest BCUT2D eigenvalue weighted by molar-refractivity contribution is 5.94. The maximum atomic E-state index is 10.2. The van der Waals surface area contributed by atoms with Crippen molar-refractivity contribution in [3.63, 3.8) is 0 Å². The average Bonchev–Trinajstić information content (AvgIpc) is 2.53. The third-order valence-electron chi connectivity index (χ3n) is 1.71. The summed E-state index contributed by atoms with van der Waals surface area (Å²) in [6.45, 7) is 0. The van der Waals surface area contributed by atoms with Crippen molar-refractivity contribution >= 4 is 23.1 Å². The van der Waals surface area contributed by atoms with Crippen molar-refractivity contribution in [2.24, 2.45) is 0 Å². The van der Waals surface area contributed by atoms with E-state index in [1.165, 1.54) is 0 Å². The predicted molar refractivity (Wildman–Crippen MR) is 45.9 cm³/mol. The molecule has 2 rings (SSSR count). The molecule has 0 radical (unpaired) electrons. The van der Waals surface area contributed by atoms with Crippen LogP contribution in [0.4, 0.5) is 5.69 Å². The normalized spacial score (nSPS) is 10.0. The minimum absolute atomic E-state index is 0.655. The Kier molecular flexibility index (Phi) is 1.55. The van der Waals surface area contributed by atoms with Gasteiger partial charge in [0.25, 0.3) is 0 Å². The Morgan fingerprint density at radius 2 is 2.25 bits per heavy atom. The first kappa shape index (κ1) is 6.91. The molecule has 2 aromatic rings. The highest BCUT2D eigenvalue weighted by atomic mass is 16.3. The maximum Gasteiger partial charge on any atom is 0.211 e. The fourth-order valence-electron chi connectivity index (χ4n) is 1.18. The largest absolute Gasteiger partial charge is 0.464 e. The van der Waals surface area contributed by atoms with Gasteiger partial charge in [0.2, 0.25) is 6.41 Å². The molecule has 3 nitrogen and oxygen atoms in total. The molecular formula is C9H7NO2. The maximum absolute atomic E-state index is 10.2. The molecule has 1 heterocycles. The summed E-state index contributed by atoms with van der Waals surface area (Å²) in [6.07, 6.45) is 2.25. The van der Waals surface area contributed by atoms with Crippen LogP contribution in [0, 0.1) is 0 Å². The summed E-state index contributed by atoms with van der Waals surface area (Å²) in [4.78, 5) is 10.2. The fourth-order valence-corrected chi connectivity index (χ4v) is 1.18. The van der Waals surface area contributed by atoms with E-state index in [9.17, 15) is 4.79 Å². The quantitative estimate of drug-likeness (QED) is 0.684. The van der Waals surface area contributed by atoms with Crippen molar-refractivity contribution in [1.82, 2.24) is 0 Å². The van der Waals surface area contributed by atoms with E-state index in [4.69, 9.17) is 4.42 Å².